The number of fused-ring (bicyclic) bond motifs is 3. The monoisotopic (exact) mass is 573 g/mol. The van der Waals surface area contributed by atoms with Gasteiger partial charge < -0.3 is 47.4 Å². The Bertz CT molecular complexity index is 1450. The number of ketones is 2. The fraction of sp³-hybridized carbons (Fsp3) is 0.217. The number of benzene rings is 2. The van der Waals surface area contributed by atoms with E-state index in [0.717, 1.165) is 0 Å². The average Bonchev–Trinajstić information content (AvgIpc) is 2.78. The highest BCUT2D eigenvalue weighted by molar-refractivity contribution is 6.31. The molecule has 4 rings (SSSR count). The van der Waals surface area contributed by atoms with Crippen LogP contribution in [-0.2, 0) is 14.4 Å². The highest BCUT2D eigenvalue weighted by Gasteiger charge is 2.59. The Morgan fingerprint density at radius 2 is 1.66 bits per heavy atom. The van der Waals surface area contributed by atoms with Gasteiger partial charge in [-0.1, -0.05) is 6.07 Å². The number of Topliss-reactive ketones (excluding diaryl/α,β-unsaturated/α-hetero) is 2. The number of phenolic OH excluding ortho intramolecular Hbond substituents is 2. The first-order chi connectivity index (χ1) is 16.4. The summed E-state index contributed by atoms with van der Waals surface area (Å²) in [5.41, 5.74) is 0.457. The number of aromatic hydroxyl groups is 2. The number of anilines is 1. The number of primary amides is 1. The van der Waals surface area contributed by atoms with Crippen molar-refractivity contribution in [1.29, 1.82) is 0 Å². The maximum absolute atomic E-state index is 13.5. The number of phenols is 2. The first kappa shape index (κ1) is 32.1. The van der Waals surface area contributed by atoms with Gasteiger partial charge in [0.2, 0.25) is 23.2 Å². The van der Waals surface area contributed by atoms with Crippen LogP contribution in [0.25, 0.3) is 16.5 Å². The van der Waals surface area contributed by atoms with Crippen molar-refractivity contribution in [2.45, 2.75) is 12.5 Å². The second-order valence-electron chi connectivity index (χ2n) is 8.26. The van der Waals surface area contributed by atoms with E-state index in [9.17, 15) is 44.7 Å². The predicted molar refractivity (Wildman–Crippen MR) is 140 cm³/mol. The van der Waals surface area contributed by atoms with E-state index in [0.29, 0.717) is 6.08 Å². The molecule has 0 saturated heterocycles. The lowest BCUT2D eigenvalue weighted by atomic mass is 9.67. The van der Waals surface area contributed by atoms with E-state index in [1.165, 1.54) is 26.1 Å². The molecule has 2 aliphatic rings. The van der Waals surface area contributed by atoms with Crippen LogP contribution >= 0.6 is 24.8 Å². The van der Waals surface area contributed by atoms with Crippen LogP contribution in [0.15, 0.2) is 29.5 Å². The molecular formula is C23H25Cl2N3O10. The van der Waals surface area contributed by atoms with Crippen molar-refractivity contribution in [2.24, 2.45) is 11.7 Å². The quantitative estimate of drug-likeness (QED) is 0.180. The molecule has 0 fully saturated rings. The Kier molecular flexibility index (Phi) is 9.18. The average molecular weight is 574 g/mol. The van der Waals surface area contributed by atoms with Crippen LogP contribution in [0.4, 0.5) is 5.69 Å². The fourth-order valence-corrected chi connectivity index (χ4v) is 4.56. The minimum absolute atomic E-state index is 0. The Balaban J connectivity index is 0.00000241. The van der Waals surface area contributed by atoms with Gasteiger partial charge in [-0.15, -0.1) is 24.8 Å². The molecule has 0 spiro atoms. The van der Waals surface area contributed by atoms with Crippen LogP contribution in [0.2, 0.25) is 0 Å². The van der Waals surface area contributed by atoms with Crippen molar-refractivity contribution in [1.82, 2.24) is 5.32 Å². The van der Waals surface area contributed by atoms with Crippen molar-refractivity contribution in [3.8, 4) is 11.5 Å². The largest absolute Gasteiger partial charge is 0.511 e. The zero-order valence-corrected chi connectivity index (χ0v) is 21.4. The molecule has 0 aromatic heterocycles. The molecular weight excluding hydrogens is 549 g/mol. The van der Waals surface area contributed by atoms with Gasteiger partial charge in [0, 0.05) is 11.1 Å². The van der Waals surface area contributed by atoms with Crippen molar-refractivity contribution in [3.05, 3.63) is 46.2 Å². The summed E-state index contributed by atoms with van der Waals surface area (Å²) in [6.45, 7) is 1.37. The number of amides is 2. The third-order valence-electron chi connectivity index (χ3n) is 6.22. The normalized spacial score (nSPS) is 19.8. The Morgan fingerprint density at radius 3 is 2.21 bits per heavy atom. The molecule has 2 atom stereocenters. The highest BCUT2D eigenvalue weighted by Crippen LogP contribution is 2.51. The van der Waals surface area contributed by atoms with Gasteiger partial charge in [0.05, 0.1) is 23.2 Å². The molecule has 2 aliphatic carbocycles. The maximum Gasteiger partial charge on any atom is 0.238 e. The van der Waals surface area contributed by atoms with Gasteiger partial charge >= 0.3 is 0 Å². The first-order valence-electron chi connectivity index (χ1n) is 10.3. The summed E-state index contributed by atoms with van der Waals surface area (Å²) < 4.78 is 0. The lowest BCUT2D eigenvalue weighted by molar-refractivity contribution is -0.140. The Hall–Kier alpha value is -3.88. The standard InChI is InChI=1S/C23H21N3O9.2ClH.H2O/c1-7-8-3-4-10(26-12(28)6-25-2)18(30)14(8)19(31)16-13(7)17(29)9-5-11(27)15(22(24)34)20(32)23(9,35)21(16)33;;;/h3-5,15,25,27,29-31,35H,6H2,1-2H3,(H2,24,34)(H,26,28);2*1H;1H2. The molecule has 2 aromatic rings. The van der Waals surface area contributed by atoms with Crippen LogP contribution in [0.5, 0.6) is 11.5 Å². The van der Waals surface area contributed by atoms with Gasteiger partial charge in [-0.2, -0.15) is 0 Å². The number of hydrogen-bond donors (Lipinski definition) is 8. The van der Waals surface area contributed by atoms with Crippen LogP contribution in [0.1, 0.15) is 21.5 Å². The number of hydrogen-bond acceptors (Lipinski definition) is 10. The number of rotatable bonds is 4. The van der Waals surface area contributed by atoms with Gasteiger partial charge in [-0.05, 0) is 37.1 Å². The number of likely N-dealkylation sites (N-methyl/N-ethyl adjacent to an activating group) is 1. The summed E-state index contributed by atoms with van der Waals surface area (Å²) in [6, 6.07) is 2.77. The molecule has 0 radical (unpaired) electrons. The smallest absolute Gasteiger partial charge is 0.238 e. The van der Waals surface area contributed by atoms with Crippen molar-refractivity contribution in [2.75, 3.05) is 18.9 Å². The topological polar surface area (TPSA) is 251 Å². The number of halogens is 2. The van der Waals surface area contributed by atoms with Gasteiger partial charge in [-0.3, -0.25) is 19.2 Å². The molecule has 206 valence electrons. The van der Waals surface area contributed by atoms with Crippen LogP contribution in [0, 0.1) is 12.8 Å². The van der Waals surface area contributed by atoms with E-state index < -0.39 is 69.1 Å². The summed E-state index contributed by atoms with van der Waals surface area (Å²) in [5.74, 6) is -9.97. The molecule has 2 unspecified atom stereocenters. The second-order valence-corrected chi connectivity index (χ2v) is 8.26. The molecule has 0 heterocycles. The minimum atomic E-state index is -3.14. The van der Waals surface area contributed by atoms with E-state index in [1.54, 1.807) is 0 Å². The second kappa shape index (κ2) is 10.8. The van der Waals surface area contributed by atoms with Crippen LogP contribution in [0.3, 0.4) is 0 Å². The van der Waals surface area contributed by atoms with Crippen LogP contribution < -0.4 is 16.4 Å². The highest BCUT2D eigenvalue weighted by atomic mass is 35.5. The third-order valence-corrected chi connectivity index (χ3v) is 6.22. The zero-order chi connectivity index (χ0) is 26.0. The first-order valence-corrected chi connectivity index (χ1v) is 10.3. The van der Waals surface area contributed by atoms with Gasteiger partial charge in [0.1, 0.15) is 17.3 Å². The fourth-order valence-electron chi connectivity index (χ4n) is 4.56. The molecule has 2 aromatic carbocycles. The summed E-state index contributed by atoms with van der Waals surface area (Å²) in [4.78, 5) is 50.1. The van der Waals surface area contributed by atoms with Crippen LogP contribution in [-0.4, -0.2) is 73.6 Å². The number of nitrogens with two attached hydrogens (primary N) is 1. The molecule has 0 bridgehead atoms. The number of aryl methyl sites for hydroxylation is 1. The van der Waals surface area contributed by atoms with Gasteiger partial charge in [0.15, 0.2) is 17.5 Å². The zero-order valence-electron chi connectivity index (χ0n) is 19.8. The summed E-state index contributed by atoms with van der Waals surface area (Å²) in [5, 5.41) is 59.1. The summed E-state index contributed by atoms with van der Waals surface area (Å²) >= 11 is 0. The van der Waals surface area contributed by atoms with Crippen molar-refractivity contribution < 1.29 is 50.2 Å². The van der Waals surface area contributed by atoms with Crippen molar-refractivity contribution in [3.63, 3.8) is 0 Å². The molecule has 0 aliphatic heterocycles. The molecule has 2 amide bonds. The summed E-state index contributed by atoms with van der Waals surface area (Å²) in [6.07, 6.45) is 0.714. The molecule has 0 saturated carbocycles. The summed E-state index contributed by atoms with van der Waals surface area (Å²) in [7, 11) is 1.54. The lowest BCUT2D eigenvalue weighted by Crippen LogP contribution is -2.57. The van der Waals surface area contributed by atoms with E-state index in [-0.39, 0.29) is 64.4 Å². The Labute approximate surface area is 226 Å². The van der Waals surface area contributed by atoms with E-state index in [2.05, 4.69) is 10.6 Å². The number of aliphatic hydroxyl groups is 3. The minimum Gasteiger partial charge on any atom is -0.511 e. The number of carbonyl (C=O) groups is 4. The predicted octanol–water partition coefficient (Wildman–Crippen LogP) is 0.0588. The number of carbonyl (C=O) groups excluding carboxylic acids is 4. The molecule has 11 N–H and O–H groups in total. The molecule has 13 nitrogen and oxygen atoms in total. The van der Waals surface area contributed by atoms with E-state index >= 15 is 0 Å². The lowest BCUT2D eigenvalue weighted by Gasteiger charge is -2.37. The molecule has 38 heavy (non-hydrogen) atoms. The number of aliphatic hydroxyl groups excluding tert-OH is 2. The Morgan fingerprint density at radius 1 is 1.05 bits per heavy atom. The van der Waals surface area contributed by atoms with E-state index in [1.807, 2.05) is 0 Å². The maximum atomic E-state index is 13.5. The van der Waals surface area contributed by atoms with Gasteiger partial charge in [0.25, 0.3) is 0 Å². The van der Waals surface area contributed by atoms with E-state index in [4.69, 9.17) is 5.73 Å². The third kappa shape index (κ3) is 4.19. The molecule has 15 heteroatoms. The number of nitrogens with one attached hydrogen (secondary N) is 2. The SMILES string of the molecule is CNCC(=O)Nc1ccc2c(C)c3c(c(O)c2c1O)C(=O)C1(O)C(=O)C(C(N)=O)C(O)=CC1=C3O.Cl.Cl.O. The van der Waals surface area contributed by atoms with Gasteiger partial charge in [-0.25, -0.2) is 0 Å². The van der Waals surface area contributed by atoms with Crippen molar-refractivity contribution >= 4 is 70.4 Å².